The molecule has 6 nitrogen and oxygen atoms in total. The minimum atomic E-state index is -0.315. The van der Waals surface area contributed by atoms with Gasteiger partial charge in [0.2, 0.25) is 5.91 Å². The molecule has 3 N–H and O–H groups in total. The Balaban J connectivity index is 1.99. The number of carbonyl (C=O) groups excluding carboxylic acids is 1. The Kier molecular flexibility index (Phi) is 5.21. The van der Waals surface area contributed by atoms with E-state index < -0.39 is 0 Å². The number of likely N-dealkylation sites (N-methyl/N-ethyl adjacent to an activating group) is 1. The lowest BCUT2D eigenvalue weighted by Crippen LogP contribution is -2.43. The Morgan fingerprint density at radius 3 is 3.05 bits per heavy atom. The van der Waals surface area contributed by atoms with Crippen LogP contribution in [0.1, 0.15) is 32.0 Å². The number of nitrogens with zero attached hydrogens (tertiary/aromatic N) is 3. The number of aryl methyl sites for hydroxylation is 1. The van der Waals surface area contributed by atoms with Crippen molar-refractivity contribution in [2.75, 3.05) is 12.3 Å². The van der Waals surface area contributed by atoms with Gasteiger partial charge in [0, 0.05) is 18.7 Å². The molecule has 1 aromatic rings. The molecule has 1 aromatic heterocycles. The maximum absolute atomic E-state index is 11.3. The van der Waals surface area contributed by atoms with Crippen LogP contribution in [0.25, 0.3) is 0 Å². The van der Waals surface area contributed by atoms with Gasteiger partial charge in [-0.2, -0.15) is 0 Å². The third kappa shape index (κ3) is 3.70. The molecule has 0 saturated heterocycles. The first-order valence-electron chi connectivity index (χ1n) is 6.80. The van der Waals surface area contributed by atoms with Gasteiger partial charge in [0.1, 0.15) is 5.82 Å². The lowest BCUT2D eigenvalue weighted by Gasteiger charge is -2.13. The molecular weight excluding hydrogens is 262 g/mol. The second kappa shape index (κ2) is 6.91. The summed E-state index contributed by atoms with van der Waals surface area (Å²) in [6.45, 7) is 3.67. The topological polar surface area (TPSA) is 85.8 Å². The van der Waals surface area contributed by atoms with Crippen LogP contribution in [0.3, 0.4) is 0 Å². The third-order valence-corrected chi connectivity index (χ3v) is 4.31. The summed E-state index contributed by atoms with van der Waals surface area (Å²) in [4.78, 5) is 11.3. The van der Waals surface area contributed by atoms with Crippen molar-refractivity contribution >= 4 is 17.7 Å². The van der Waals surface area contributed by atoms with Crippen LogP contribution in [-0.2, 0) is 17.8 Å². The molecule has 2 rings (SSSR count). The smallest absolute Gasteiger partial charge is 0.235 e. The molecule has 106 valence electrons. The normalized spacial score (nSPS) is 16.7. The van der Waals surface area contributed by atoms with Gasteiger partial charge in [-0.3, -0.25) is 4.79 Å². The van der Waals surface area contributed by atoms with E-state index >= 15 is 0 Å². The van der Waals surface area contributed by atoms with Crippen molar-refractivity contribution in [2.45, 2.75) is 50.4 Å². The Bertz CT molecular complexity index is 434. The van der Waals surface area contributed by atoms with E-state index in [4.69, 9.17) is 5.73 Å². The fourth-order valence-electron chi connectivity index (χ4n) is 2.21. The van der Waals surface area contributed by atoms with Crippen molar-refractivity contribution < 1.29 is 4.79 Å². The average molecular weight is 283 g/mol. The van der Waals surface area contributed by atoms with Crippen LogP contribution in [0.2, 0.25) is 0 Å². The molecule has 19 heavy (non-hydrogen) atoms. The van der Waals surface area contributed by atoms with Gasteiger partial charge in [0.15, 0.2) is 5.16 Å². The highest BCUT2D eigenvalue weighted by atomic mass is 32.2. The van der Waals surface area contributed by atoms with Crippen molar-refractivity contribution in [1.82, 2.24) is 20.1 Å². The van der Waals surface area contributed by atoms with E-state index in [2.05, 4.69) is 20.1 Å². The van der Waals surface area contributed by atoms with Crippen LogP contribution in [0.5, 0.6) is 0 Å². The zero-order valence-electron chi connectivity index (χ0n) is 11.3. The molecule has 0 spiro atoms. The van der Waals surface area contributed by atoms with Gasteiger partial charge in [-0.1, -0.05) is 25.1 Å². The van der Waals surface area contributed by atoms with E-state index in [1.54, 1.807) is 11.8 Å². The van der Waals surface area contributed by atoms with Gasteiger partial charge < -0.3 is 15.6 Å². The lowest BCUT2D eigenvalue weighted by molar-refractivity contribution is -0.119. The van der Waals surface area contributed by atoms with Crippen LogP contribution >= 0.6 is 11.8 Å². The summed E-state index contributed by atoms with van der Waals surface area (Å²) in [6.07, 6.45) is 4.60. The van der Waals surface area contributed by atoms with Crippen LogP contribution in [0, 0.1) is 0 Å². The number of rotatable bonds is 6. The van der Waals surface area contributed by atoms with E-state index in [0.717, 1.165) is 30.5 Å². The van der Waals surface area contributed by atoms with Gasteiger partial charge in [0.05, 0.1) is 6.04 Å². The van der Waals surface area contributed by atoms with E-state index in [0.29, 0.717) is 5.75 Å². The van der Waals surface area contributed by atoms with E-state index in [1.807, 2.05) is 6.92 Å². The number of primary amides is 1. The van der Waals surface area contributed by atoms with Gasteiger partial charge in [-0.25, -0.2) is 0 Å². The SMILES string of the molecule is CCNC(CSc1nnc2n1CCCCC2)C(N)=O. The number of nitrogens with one attached hydrogen (secondary N) is 1. The summed E-state index contributed by atoms with van der Waals surface area (Å²) in [7, 11) is 0. The molecule has 1 aliphatic rings. The van der Waals surface area contributed by atoms with Crippen molar-refractivity contribution in [3.05, 3.63) is 5.82 Å². The Morgan fingerprint density at radius 1 is 1.47 bits per heavy atom. The van der Waals surface area contributed by atoms with Crippen molar-refractivity contribution in [3.8, 4) is 0 Å². The molecule has 2 heterocycles. The van der Waals surface area contributed by atoms with Gasteiger partial charge >= 0.3 is 0 Å². The molecule has 0 radical (unpaired) electrons. The highest BCUT2D eigenvalue weighted by molar-refractivity contribution is 7.99. The molecule has 0 aromatic carbocycles. The zero-order valence-corrected chi connectivity index (χ0v) is 12.1. The Labute approximate surface area is 117 Å². The Morgan fingerprint density at radius 2 is 2.32 bits per heavy atom. The summed E-state index contributed by atoms with van der Waals surface area (Å²) in [6, 6.07) is -0.311. The highest BCUT2D eigenvalue weighted by Gasteiger charge is 2.19. The van der Waals surface area contributed by atoms with Crippen LogP contribution in [0.4, 0.5) is 0 Å². The molecule has 1 atom stereocenters. The number of amides is 1. The predicted molar refractivity (Wildman–Crippen MR) is 75.0 cm³/mol. The van der Waals surface area contributed by atoms with Gasteiger partial charge in [-0.15, -0.1) is 10.2 Å². The monoisotopic (exact) mass is 283 g/mol. The van der Waals surface area contributed by atoms with Gasteiger partial charge in [0.25, 0.3) is 0 Å². The first-order valence-corrected chi connectivity index (χ1v) is 7.78. The summed E-state index contributed by atoms with van der Waals surface area (Å²) in [5.41, 5.74) is 5.37. The number of fused-ring (bicyclic) bond motifs is 1. The summed E-state index contributed by atoms with van der Waals surface area (Å²) < 4.78 is 2.18. The fraction of sp³-hybridized carbons (Fsp3) is 0.750. The van der Waals surface area contributed by atoms with Crippen LogP contribution < -0.4 is 11.1 Å². The van der Waals surface area contributed by atoms with Gasteiger partial charge in [-0.05, 0) is 19.4 Å². The van der Waals surface area contributed by atoms with Crippen molar-refractivity contribution in [2.24, 2.45) is 5.73 Å². The highest BCUT2D eigenvalue weighted by Crippen LogP contribution is 2.22. The molecule has 0 aliphatic carbocycles. The number of nitrogens with two attached hydrogens (primary N) is 1. The molecule has 0 saturated carbocycles. The first kappa shape index (κ1) is 14.3. The fourth-order valence-corrected chi connectivity index (χ4v) is 3.26. The third-order valence-electron chi connectivity index (χ3n) is 3.25. The summed E-state index contributed by atoms with van der Waals surface area (Å²) in [5, 5.41) is 12.5. The standard InChI is InChI=1S/C12H21N5OS/c1-2-14-9(11(13)18)8-19-12-16-15-10-6-4-3-5-7-17(10)12/h9,14H,2-8H2,1H3,(H2,13,18). The molecule has 1 amide bonds. The Hall–Kier alpha value is -1.08. The number of hydrogen-bond acceptors (Lipinski definition) is 5. The molecule has 7 heteroatoms. The second-order valence-electron chi connectivity index (χ2n) is 4.68. The first-order chi connectivity index (χ1) is 9.22. The maximum atomic E-state index is 11.3. The second-order valence-corrected chi connectivity index (χ2v) is 5.67. The maximum Gasteiger partial charge on any atom is 0.235 e. The van der Waals surface area contributed by atoms with Crippen LogP contribution in [-0.4, -0.2) is 39.0 Å². The van der Waals surface area contributed by atoms with Crippen molar-refractivity contribution in [1.29, 1.82) is 0 Å². The van der Waals surface area contributed by atoms with E-state index in [1.165, 1.54) is 19.3 Å². The van der Waals surface area contributed by atoms with Crippen LogP contribution in [0.15, 0.2) is 5.16 Å². The quantitative estimate of drug-likeness (QED) is 0.745. The minimum absolute atomic E-state index is 0.311. The largest absolute Gasteiger partial charge is 0.368 e. The number of aromatic nitrogens is 3. The van der Waals surface area contributed by atoms with Crippen molar-refractivity contribution in [3.63, 3.8) is 0 Å². The molecular formula is C12H21N5OS. The molecule has 1 aliphatic heterocycles. The number of thioether (sulfide) groups is 1. The summed E-state index contributed by atoms with van der Waals surface area (Å²) in [5.74, 6) is 1.35. The van der Waals surface area contributed by atoms with E-state index in [-0.39, 0.29) is 11.9 Å². The number of carbonyl (C=O) groups is 1. The zero-order chi connectivity index (χ0) is 13.7. The lowest BCUT2D eigenvalue weighted by atomic mass is 10.2. The summed E-state index contributed by atoms with van der Waals surface area (Å²) >= 11 is 1.55. The molecule has 0 fully saturated rings. The number of hydrogen-bond donors (Lipinski definition) is 2. The molecule has 1 unspecified atom stereocenters. The van der Waals surface area contributed by atoms with E-state index in [9.17, 15) is 4.79 Å². The average Bonchev–Trinajstić information content (AvgIpc) is 2.62. The predicted octanol–water partition coefficient (Wildman–Crippen LogP) is 0.560. The molecule has 0 bridgehead atoms. The minimum Gasteiger partial charge on any atom is -0.368 e.